The summed E-state index contributed by atoms with van der Waals surface area (Å²) in [5.74, 6) is 0.988. The first-order chi connectivity index (χ1) is 8.95. The van der Waals surface area contributed by atoms with Gasteiger partial charge in [-0.1, -0.05) is 0 Å². The Morgan fingerprint density at radius 3 is 2.79 bits per heavy atom. The zero-order valence-electron chi connectivity index (χ0n) is 10.8. The van der Waals surface area contributed by atoms with E-state index in [0.717, 1.165) is 0 Å². The van der Waals surface area contributed by atoms with E-state index in [1.54, 1.807) is 20.2 Å². The summed E-state index contributed by atoms with van der Waals surface area (Å²) >= 11 is 0. The molecule has 0 aliphatic carbocycles. The summed E-state index contributed by atoms with van der Waals surface area (Å²) in [6.45, 7) is 0. The Morgan fingerprint density at radius 1 is 1.58 bits per heavy atom. The molecule has 2 N–H and O–H groups in total. The highest BCUT2D eigenvalue weighted by Gasteiger charge is 2.17. The molecule has 0 aliphatic rings. The first-order valence-electron chi connectivity index (χ1n) is 5.56. The molecule has 1 aromatic heterocycles. The third kappa shape index (κ3) is 4.00. The molecule has 0 radical (unpaired) electrons. The number of aliphatic carboxylic acids is 1. The van der Waals surface area contributed by atoms with Gasteiger partial charge in [0.2, 0.25) is 0 Å². The summed E-state index contributed by atoms with van der Waals surface area (Å²) in [5.41, 5.74) is 0.725. The molecule has 0 bridgehead atoms. The smallest absolute Gasteiger partial charge is 0.327 e. The van der Waals surface area contributed by atoms with Crippen molar-refractivity contribution in [3.8, 4) is 12.3 Å². The zero-order chi connectivity index (χ0) is 14.4. The van der Waals surface area contributed by atoms with Crippen molar-refractivity contribution in [3.05, 3.63) is 24.0 Å². The van der Waals surface area contributed by atoms with Crippen LogP contribution < -0.4 is 5.32 Å². The van der Waals surface area contributed by atoms with Crippen LogP contribution in [-0.2, 0) is 4.79 Å². The van der Waals surface area contributed by atoms with Crippen LogP contribution in [0.1, 0.15) is 16.9 Å². The van der Waals surface area contributed by atoms with Gasteiger partial charge in [0.1, 0.15) is 11.7 Å². The maximum atomic E-state index is 11.7. The summed E-state index contributed by atoms with van der Waals surface area (Å²) in [7, 11) is 3.23. The molecule has 0 saturated carbocycles. The van der Waals surface area contributed by atoms with Gasteiger partial charge in [-0.25, -0.2) is 4.79 Å². The molecular formula is C13H15N3O3. The van der Waals surface area contributed by atoms with Crippen molar-refractivity contribution >= 4 is 17.6 Å². The molecule has 1 atom stereocenters. The average molecular weight is 261 g/mol. The van der Waals surface area contributed by atoms with E-state index in [2.05, 4.69) is 16.2 Å². The molecule has 1 amide bonds. The van der Waals surface area contributed by atoms with E-state index < -0.39 is 12.0 Å². The van der Waals surface area contributed by atoms with Gasteiger partial charge in [-0.3, -0.25) is 9.78 Å². The number of nitrogens with zero attached hydrogens (tertiary/aromatic N) is 2. The second-order valence-electron chi connectivity index (χ2n) is 4.07. The SMILES string of the molecule is C#CCC(Nc1ccnc(C(=O)N(C)C)c1)C(=O)O. The Morgan fingerprint density at radius 2 is 2.26 bits per heavy atom. The molecule has 0 aromatic carbocycles. The van der Waals surface area contributed by atoms with Gasteiger partial charge in [0.15, 0.2) is 0 Å². The topological polar surface area (TPSA) is 82.5 Å². The number of rotatable bonds is 5. The van der Waals surface area contributed by atoms with E-state index in [1.807, 2.05) is 0 Å². The minimum atomic E-state index is -1.05. The second-order valence-corrected chi connectivity index (χ2v) is 4.07. The summed E-state index contributed by atoms with van der Waals surface area (Å²) in [5, 5.41) is 11.7. The van der Waals surface area contributed by atoms with Crippen LogP contribution >= 0.6 is 0 Å². The van der Waals surface area contributed by atoms with Crippen LogP contribution in [0.4, 0.5) is 5.69 Å². The predicted octanol–water partition coefficient (Wildman–Crippen LogP) is 0.672. The van der Waals surface area contributed by atoms with E-state index in [1.165, 1.54) is 17.2 Å². The van der Waals surface area contributed by atoms with Crippen LogP contribution in [0, 0.1) is 12.3 Å². The Labute approximate surface area is 111 Å². The van der Waals surface area contributed by atoms with Gasteiger partial charge in [0.25, 0.3) is 5.91 Å². The van der Waals surface area contributed by atoms with Crippen LogP contribution in [0.3, 0.4) is 0 Å². The van der Waals surface area contributed by atoms with Crippen molar-refractivity contribution in [1.29, 1.82) is 0 Å². The fourth-order valence-corrected chi connectivity index (χ4v) is 1.39. The summed E-state index contributed by atoms with van der Waals surface area (Å²) in [4.78, 5) is 28.0. The first-order valence-corrected chi connectivity index (χ1v) is 5.56. The van der Waals surface area contributed by atoms with Gasteiger partial charge < -0.3 is 15.3 Å². The lowest BCUT2D eigenvalue weighted by atomic mass is 10.2. The lowest BCUT2D eigenvalue weighted by Gasteiger charge is -2.14. The highest BCUT2D eigenvalue weighted by molar-refractivity contribution is 5.92. The van der Waals surface area contributed by atoms with E-state index in [-0.39, 0.29) is 18.0 Å². The number of carboxylic acids is 1. The first kappa shape index (κ1) is 14.5. The Balaban J connectivity index is 2.91. The third-order valence-corrected chi connectivity index (χ3v) is 2.35. The van der Waals surface area contributed by atoms with E-state index in [0.29, 0.717) is 5.69 Å². The fraction of sp³-hybridized carbons (Fsp3) is 0.308. The molecule has 0 fully saturated rings. The van der Waals surface area contributed by atoms with Gasteiger partial charge in [0.05, 0.1) is 0 Å². The molecule has 0 saturated heterocycles. The number of carbonyl (C=O) groups excluding carboxylic acids is 1. The Hall–Kier alpha value is -2.55. The number of nitrogens with one attached hydrogen (secondary N) is 1. The highest BCUT2D eigenvalue weighted by Crippen LogP contribution is 2.12. The molecule has 0 spiro atoms. The second kappa shape index (κ2) is 6.40. The van der Waals surface area contributed by atoms with E-state index >= 15 is 0 Å². The minimum absolute atomic E-state index is 0.0502. The molecule has 1 unspecified atom stereocenters. The monoisotopic (exact) mass is 261 g/mol. The van der Waals surface area contributed by atoms with Crippen molar-refractivity contribution in [2.75, 3.05) is 19.4 Å². The van der Waals surface area contributed by atoms with Crippen molar-refractivity contribution in [2.24, 2.45) is 0 Å². The molecule has 6 heteroatoms. The van der Waals surface area contributed by atoms with Gasteiger partial charge in [-0.05, 0) is 12.1 Å². The molecule has 100 valence electrons. The molecule has 6 nitrogen and oxygen atoms in total. The van der Waals surface area contributed by atoms with Crippen LogP contribution in [0.25, 0.3) is 0 Å². The Kier molecular flexibility index (Phi) is 4.89. The lowest BCUT2D eigenvalue weighted by Crippen LogP contribution is -2.29. The molecule has 19 heavy (non-hydrogen) atoms. The molecule has 0 aliphatic heterocycles. The summed E-state index contributed by atoms with van der Waals surface area (Å²) in [6, 6.07) is 2.18. The zero-order valence-corrected chi connectivity index (χ0v) is 10.8. The number of hydrogen-bond donors (Lipinski definition) is 2. The highest BCUT2D eigenvalue weighted by atomic mass is 16.4. The molecule has 1 heterocycles. The number of aromatic nitrogens is 1. The van der Waals surface area contributed by atoms with Crippen molar-refractivity contribution < 1.29 is 14.7 Å². The maximum absolute atomic E-state index is 11.7. The Bertz CT molecular complexity index is 520. The summed E-state index contributed by atoms with van der Waals surface area (Å²) in [6.07, 6.45) is 6.60. The van der Waals surface area contributed by atoms with Gasteiger partial charge in [-0.15, -0.1) is 12.3 Å². The number of carboxylic acid groups (broad SMARTS) is 1. The predicted molar refractivity (Wildman–Crippen MR) is 70.8 cm³/mol. The lowest BCUT2D eigenvalue weighted by molar-refractivity contribution is -0.137. The standard InChI is InChI=1S/C13H15N3O3/c1-4-5-10(13(18)19)15-9-6-7-14-11(8-9)12(17)16(2)3/h1,6-8,10H,5H2,2-3H3,(H,14,15)(H,18,19). The molecular weight excluding hydrogens is 246 g/mol. The maximum Gasteiger partial charge on any atom is 0.327 e. The number of amides is 1. The third-order valence-electron chi connectivity index (χ3n) is 2.35. The molecule has 1 aromatic rings. The number of anilines is 1. The largest absolute Gasteiger partial charge is 0.480 e. The molecule has 1 rings (SSSR count). The average Bonchev–Trinajstić information content (AvgIpc) is 2.37. The van der Waals surface area contributed by atoms with Crippen molar-refractivity contribution in [1.82, 2.24) is 9.88 Å². The van der Waals surface area contributed by atoms with Gasteiger partial charge >= 0.3 is 5.97 Å². The summed E-state index contributed by atoms with van der Waals surface area (Å²) < 4.78 is 0. The number of hydrogen-bond acceptors (Lipinski definition) is 4. The quantitative estimate of drug-likeness (QED) is 0.761. The van der Waals surface area contributed by atoms with E-state index in [4.69, 9.17) is 11.5 Å². The number of carbonyl (C=O) groups is 2. The van der Waals surface area contributed by atoms with Gasteiger partial charge in [-0.2, -0.15) is 0 Å². The van der Waals surface area contributed by atoms with Crippen molar-refractivity contribution in [2.45, 2.75) is 12.5 Å². The van der Waals surface area contributed by atoms with Crippen LogP contribution in [0.15, 0.2) is 18.3 Å². The normalized spacial score (nSPS) is 11.2. The van der Waals surface area contributed by atoms with Crippen molar-refractivity contribution in [3.63, 3.8) is 0 Å². The minimum Gasteiger partial charge on any atom is -0.480 e. The van der Waals surface area contributed by atoms with Crippen LogP contribution in [-0.4, -0.2) is 47.0 Å². The van der Waals surface area contributed by atoms with Crippen LogP contribution in [0.2, 0.25) is 0 Å². The van der Waals surface area contributed by atoms with Crippen LogP contribution in [0.5, 0.6) is 0 Å². The van der Waals surface area contributed by atoms with Gasteiger partial charge in [0, 0.05) is 32.4 Å². The number of terminal acetylenes is 1. The fourth-order valence-electron chi connectivity index (χ4n) is 1.39. The number of pyridine rings is 1. The van der Waals surface area contributed by atoms with E-state index in [9.17, 15) is 9.59 Å².